The summed E-state index contributed by atoms with van der Waals surface area (Å²) in [5.74, 6) is 0.140. The quantitative estimate of drug-likeness (QED) is 0.625. The number of carbonyl (C=O) groups is 2. The largest absolute Gasteiger partial charge is 0.463 e. The predicted molar refractivity (Wildman–Crippen MR) is 102 cm³/mol. The van der Waals surface area contributed by atoms with E-state index in [0.717, 1.165) is 11.3 Å². The maximum Gasteiger partial charge on any atom is 0.240 e. The Labute approximate surface area is 155 Å². The van der Waals surface area contributed by atoms with Crippen LogP contribution in [0.3, 0.4) is 0 Å². The number of amides is 2. The molecule has 2 amide bonds. The average molecular weight is 370 g/mol. The molecule has 2 heterocycles. The molecule has 1 aliphatic heterocycles. The lowest BCUT2D eigenvalue weighted by Crippen LogP contribution is -2.28. The van der Waals surface area contributed by atoms with Crippen LogP contribution in [0.4, 0.5) is 5.69 Å². The minimum absolute atomic E-state index is 0.0603. The standard InChI is InChI=1S/C18H18N4O3S/c1-11-6-3-4-7-13(11)19-16(23)10-15-17(24)20-18(26-15)22-21-12(2)14-8-5-9-25-14/h3-9,15H,10H2,1-2H3,(H,19,23)(H,20,22,24)/b21-12-/t15-/m1/s1. The van der Waals surface area contributed by atoms with Crippen molar-refractivity contribution < 1.29 is 14.0 Å². The summed E-state index contributed by atoms with van der Waals surface area (Å²) in [5.41, 5.74) is 2.31. The molecule has 0 unspecified atom stereocenters. The Balaban J connectivity index is 1.59. The summed E-state index contributed by atoms with van der Waals surface area (Å²) in [7, 11) is 0. The van der Waals surface area contributed by atoms with Crippen molar-refractivity contribution in [1.29, 1.82) is 0 Å². The van der Waals surface area contributed by atoms with Crippen molar-refractivity contribution in [3.63, 3.8) is 0 Å². The third kappa shape index (κ3) is 4.40. The smallest absolute Gasteiger partial charge is 0.240 e. The van der Waals surface area contributed by atoms with Crippen LogP contribution in [0, 0.1) is 6.92 Å². The van der Waals surface area contributed by atoms with Crippen molar-refractivity contribution in [2.75, 3.05) is 5.32 Å². The highest BCUT2D eigenvalue weighted by atomic mass is 32.2. The summed E-state index contributed by atoms with van der Waals surface area (Å²) in [6, 6.07) is 11.0. The van der Waals surface area contributed by atoms with E-state index in [4.69, 9.17) is 4.42 Å². The molecule has 0 saturated carbocycles. The molecule has 1 aromatic heterocycles. The third-order valence-electron chi connectivity index (χ3n) is 3.73. The highest BCUT2D eigenvalue weighted by Gasteiger charge is 2.32. The molecular formula is C18H18N4O3S. The van der Waals surface area contributed by atoms with Crippen LogP contribution in [-0.2, 0) is 9.59 Å². The second kappa shape index (κ2) is 8.01. The highest BCUT2D eigenvalue weighted by Crippen LogP contribution is 2.23. The van der Waals surface area contributed by atoms with Crippen molar-refractivity contribution >= 4 is 40.1 Å². The molecule has 0 aliphatic carbocycles. The fourth-order valence-corrected chi connectivity index (χ4v) is 3.24. The zero-order valence-electron chi connectivity index (χ0n) is 14.4. The van der Waals surface area contributed by atoms with Crippen LogP contribution in [-0.4, -0.2) is 27.9 Å². The summed E-state index contributed by atoms with van der Waals surface area (Å²) in [6.07, 6.45) is 1.61. The molecule has 1 aliphatic rings. The van der Waals surface area contributed by atoms with Crippen molar-refractivity contribution in [3.8, 4) is 0 Å². The fraction of sp³-hybridized carbons (Fsp3) is 0.222. The van der Waals surface area contributed by atoms with Crippen LogP contribution < -0.4 is 10.6 Å². The van der Waals surface area contributed by atoms with Gasteiger partial charge in [-0.15, -0.1) is 10.2 Å². The predicted octanol–water partition coefficient (Wildman–Crippen LogP) is 2.93. The van der Waals surface area contributed by atoms with Crippen molar-refractivity contribution in [2.24, 2.45) is 10.2 Å². The van der Waals surface area contributed by atoms with Gasteiger partial charge in [0, 0.05) is 12.1 Å². The maximum absolute atomic E-state index is 12.2. The number of benzene rings is 1. The van der Waals surface area contributed by atoms with Gasteiger partial charge in [-0.2, -0.15) is 0 Å². The molecule has 26 heavy (non-hydrogen) atoms. The van der Waals surface area contributed by atoms with Gasteiger partial charge >= 0.3 is 0 Å². The molecule has 1 aromatic carbocycles. The molecule has 8 heteroatoms. The van der Waals surface area contributed by atoms with E-state index in [1.165, 1.54) is 11.8 Å². The minimum atomic E-state index is -0.531. The number of nitrogens with zero attached hydrogens (tertiary/aromatic N) is 2. The molecule has 3 rings (SSSR count). The van der Waals surface area contributed by atoms with Gasteiger partial charge in [0.1, 0.15) is 16.7 Å². The summed E-state index contributed by atoms with van der Waals surface area (Å²) in [5, 5.41) is 13.4. The Morgan fingerprint density at radius 2 is 2.12 bits per heavy atom. The van der Waals surface area contributed by atoms with E-state index in [2.05, 4.69) is 20.8 Å². The van der Waals surface area contributed by atoms with E-state index in [0.29, 0.717) is 16.6 Å². The number of thioether (sulfide) groups is 1. The molecule has 0 radical (unpaired) electrons. The van der Waals surface area contributed by atoms with E-state index in [9.17, 15) is 9.59 Å². The molecular weight excluding hydrogens is 352 g/mol. The molecule has 0 bridgehead atoms. The Morgan fingerprint density at radius 1 is 1.31 bits per heavy atom. The Kier molecular flexibility index (Phi) is 5.52. The van der Waals surface area contributed by atoms with Gasteiger partial charge in [0.25, 0.3) is 0 Å². The first-order chi connectivity index (χ1) is 12.5. The number of aryl methyl sites for hydroxylation is 1. The van der Waals surface area contributed by atoms with Gasteiger partial charge in [-0.05, 0) is 37.6 Å². The number of amidine groups is 1. The Bertz CT molecular complexity index is 874. The van der Waals surface area contributed by atoms with Gasteiger partial charge in [-0.25, -0.2) is 0 Å². The van der Waals surface area contributed by atoms with E-state index in [1.807, 2.05) is 31.2 Å². The first-order valence-corrected chi connectivity index (χ1v) is 8.90. The lowest BCUT2D eigenvalue weighted by molar-refractivity contribution is -0.122. The second-order valence-corrected chi connectivity index (χ2v) is 6.92. The lowest BCUT2D eigenvalue weighted by atomic mass is 10.2. The third-order valence-corrected chi connectivity index (χ3v) is 4.81. The van der Waals surface area contributed by atoms with Crippen LogP contribution >= 0.6 is 11.8 Å². The zero-order valence-corrected chi connectivity index (χ0v) is 15.2. The first kappa shape index (κ1) is 17.9. The van der Waals surface area contributed by atoms with Gasteiger partial charge in [0.15, 0.2) is 5.17 Å². The molecule has 134 valence electrons. The topological polar surface area (TPSA) is 96.1 Å². The van der Waals surface area contributed by atoms with Gasteiger partial charge < -0.3 is 15.1 Å². The normalized spacial score (nSPS) is 18.8. The van der Waals surface area contributed by atoms with Crippen LogP contribution in [0.25, 0.3) is 0 Å². The van der Waals surface area contributed by atoms with Crippen LogP contribution in [0.5, 0.6) is 0 Å². The number of para-hydroxylation sites is 1. The van der Waals surface area contributed by atoms with Gasteiger partial charge in [0.05, 0.1) is 6.26 Å². The first-order valence-electron chi connectivity index (χ1n) is 8.02. The van der Waals surface area contributed by atoms with Gasteiger partial charge in [0.2, 0.25) is 11.8 Å². The van der Waals surface area contributed by atoms with E-state index >= 15 is 0 Å². The second-order valence-electron chi connectivity index (χ2n) is 5.73. The van der Waals surface area contributed by atoms with Gasteiger partial charge in [-0.3, -0.25) is 9.59 Å². The monoisotopic (exact) mass is 370 g/mol. The number of hydrogen-bond donors (Lipinski definition) is 2. The lowest BCUT2D eigenvalue weighted by Gasteiger charge is -2.09. The zero-order chi connectivity index (χ0) is 18.5. The van der Waals surface area contributed by atoms with E-state index in [-0.39, 0.29) is 18.2 Å². The van der Waals surface area contributed by atoms with Crippen molar-refractivity contribution in [1.82, 2.24) is 5.32 Å². The maximum atomic E-state index is 12.2. The number of hydrogen-bond acceptors (Lipinski definition) is 6. The van der Waals surface area contributed by atoms with Gasteiger partial charge in [-0.1, -0.05) is 30.0 Å². The fourth-order valence-electron chi connectivity index (χ4n) is 2.32. The van der Waals surface area contributed by atoms with E-state index < -0.39 is 5.25 Å². The number of furan rings is 1. The van der Waals surface area contributed by atoms with Crippen molar-refractivity contribution in [2.45, 2.75) is 25.5 Å². The van der Waals surface area contributed by atoms with Crippen LogP contribution in [0.15, 0.2) is 57.3 Å². The number of carbonyl (C=O) groups excluding carboxylic acids is 2. The summed E-state index contributed by atoms with van der Waals surface area (Å²) in [6.45, 7) is 3.67. The molecule has 2 aromatic rings. The molecule has 1 atom stereocenters. The SMILES string of the molecule is C/C(=N/N=C1\NC(=O)[C@@H](CC(=O)Nc2ccccc2C)S1)c1ccco1. The van der Waals surface area contributed by atoms with Crippen LogP contribution in [0.2, 0.25) is 0 Å². The van der Waals surface area contributed by atoms with E-state index in [1.54, 1.807) is 25.3 Å². The number of nitrogens with one attached hydrogen (secondary N) is 2. The highest BCUT2D eigenvalue weighted by molar-refractivity contribution is 8.15. The molecule has 0 spiro atoms. The van der Waals surface area contributed by atoms with Crippen LogP contribution in [0.1, 0.15) is 24.7 Å². The Hall–Kier alpha value is -2.87. The molecule has 1 saturated heterocycles. The Morgan fingerprint density at radius 3 is 2.85 bits per heavy atom. The average Bonchev–Trinajstić information content (AvgIpc) is 3.25. The summed E-state index contributed by atoms with van der Waals surface area (Å²) < 4.78 is 5.22. The molecule has 2 N–H and O–H groups in total. The summed E-state index contributed by atoms with van der Waals surface area (Å²) >= 11 is 1.19. The number of anilines is 1. The minimum Gasteiger partial charge on any atom is -0.463 e. The number of rotatable bonds is 5. The summed E-state index contributed by atoms with van der Waals surface area (Å²) in [4.78, 5) is 24.3. The van der Waals surface area contributed by atoms with Crippen molar-refractivity contribution in [3.05, 3.63) is 54.0 Å². The molecule has 7 nitrogen and oxygen atoms in total. The molecule has 1 fully saturated rings.